The fourth-order valence-corrected chi connectivity index (χ4v) is 1.90. The van der Waals surface area contributed by atoms with Crippen LogP contribution in [0.15, 0.2) is 36.5 Å². The summed E-state index contributed by atoms with van der Waals surface area (Å²) in [5.74, 6) is 5.27. The van der Waals surface area contributed by atoms with Crippen LogP contribution < -0.4 is 16.6 Å². The highest BCUT2D eigenvalue weighted by atomic mass is 35.5. The third-order valence-electron chi connectivity index (χ3n) is 2.61. The molecule has 0 bridgehead atoms. The molecule has 0 radical (unpaired) electrons. The summed E-state index contributed by atoms with van der Waals surface area (Å²) in [5.41, 5.74) is 3.65. The highest BCUT2D eigenvalue weighted by molar-refractivity contribution is 6.33. The Hall–Kier alpha value is -1.82. The molecular weight excluding hydrogens is 299 g/mol. The number of nitrogen functional groups attached to an aromatic ring is 1. The Balaban J connectivity index is 2.01. The van der Waals surface area contributed by atoms with Crippen molar-refractivity contribution in [2.24, 2.45) is 5.84 Å². The third-order valence-corrected chi connectivity index (χ3v) is 3.15. The van der Waals surface area contributed by atoms with E-state index in [0.717, 1.165) is 5.56 Å². The molecule has 2 aromatic rings. The molecule has 1 heterocycles. The van der Waals surface area contributed by atoms with Gasteiger partial charge in [-0.2, -0.15) is 0 Å². The lowest BCUT2D eigenvalue weighted by atomic mass is 10.2. The molecule has 5 nitrogen and oxygen atoms in total. The van der Waals surface area contributed by atoms with Crippen molar-refractivity contribution in [2.45, 2.75) is 6.54 Å². The average molecular weight is 311 g/mol. The van der Waals surface area contributed by atoms with E-state index in [1.807, 2.05) is 12.1 Å². The molecule has 20 heavy (non-hydrogen) atoms. The number of halogens is 2. The zero-order chi connectivity index (χ0) is 14.5. The summed E-state index contributed by atoms with van der Waals surface area (Å²) in [6, 6.07) is 8.72. The second-order valence-electron chi connectivity index (χ2n) is 4.01. The van der Waals surface area contributed by atoms with Crippen LogP contribution in [0.2, 0.25) is 10.0 Å². The summed E-state index contributed by atoms with van der Waals surface area (Å²) in [5, 5.41) is 3.70. The summed E-state index contributed by atoms with van der Waals surface area (Å²) in [7, 11) is 0. The van der Waals surface area contributed by atoms with Gasteiger partial charge in [0.1, 0.15) is 0 Å². The standard InChI is InChI=1S/C13H12Cl2N4O/c14-10-3-1-8(2-4-10)6-18-13(20)9-5-11(15)12(19-16)17-7-9/h1-5,7H,6,16H2,(H,17,19)(H,18,20). The van der Waals surface area contributed by atoms with E-state index in [1.54, 1.807) is 12.1 Å². The third kappa shape index (κ3) is 3.60. The summed E-state index contributed by atoms with van der Waals surface area (Å²) in [4.78, 5) is 15.9. The maximum atomic E-state index is 11.9. The number of nitrogens with zero attached hydrogens (tertiary/aromatic N) is 1. The van der Waals surface area contributed by atoms with Crippen LogP contribution in [-0.2, 0) is 6.54 Å². The van der Waals surface area contributed by atoms with Crippen LogP contribution in [-0.4, -0.2) is 10.9 Å². The van der Waals surface area contributed by atoms with Crippen LogP contribution in [0, 0.1) is 0 Å². The summed E-state index contributed by atoms with van der Waals surface area (Å²) in [6.45, 7) is 0.393. The Bertz CT molecular complexity index is 616. The van der Waals surface area contributed by atoms with Crippen molar-refractivity contribution in [3.05, 3.63) is 57.7 Å². The number of carbonyl (C=O) groups excluding carboxylic acids is 1. The largest absolute Gasteiger partial charge is 0.348 e. The quantitative estimate of drug-likeness (QED) is 0.599. The molecule has 0 unspecified atom stereocenters. The van der Waals surface area contributed by atoms with Crippen molar-refractivity contribution < 1.29 is 4.79 Å². The van der Waals surface area contributed by atoms with Gasteiger partial charge in [0.2, 0.25) is 0 Å². The molecule has 0 atom stereocenters. The first kappa shape index (κ1) is 14.6. The number of anilines is 1. The number of benzene rings is 1. The van der Waals surface area contributed by atoms with E-state index >= 15 is 0 Å². The smallest absolute Gasteiger partial charge is 0.253 e. The minimum absolute atomic E-state index is 0.266. The molecule has 1 aromatic carbocycles. The summed E-state index contributed by atoms with van der Waals surface area (Å²) in [6.07, 6.45) is 1.40. The normalized spacial score (nSPS) is 10.2. The predicted molar refractivity (Wildman–Crippen MR) is 79.7 cm³/mol. The Morgan fingerprint density at radius 2 is 1.95 bits per heavy atom. The van der Waals surface area contributed by atoms with Crippen LogP contribution in [0.1, 0.15) is 15.9 Å². The predicted octanol–water partition coefficient (Wildman–Crippen LogP) is 2.60. The molecule has 0 aliphatic rings. The molecule has 1 amide bonds. The number of hydrogen-bond acceptors (Lipinski definition) is 4. The number of aromatic nitrogens is 1. The zero-order valence-electron chi connectivity index (χ0n) is 10.4. The minimum Gasteiger partial charge on any atom is -0.348 e. The van der Waals surface area contributed by atoms with Crippen molar-refractivity contribution in [3.8, 4) is 0 Å². The van der Waals surface area contributed by atoms with Gasteiger partial charge < -0.3 is 10.7 Å². The van der Waals surface area contributed by atoms with Crippen LogP contribution in [0.5, 0.6) is 0 Å². The maximum Gasteiger partial charge on any atom is 0.253 e. The summed E-state index contributed by atoms with van der Waals surface area (Å²) >= 11 is 11.7. The van der Waals surface area contributed by atoms with Crippen LogP contribution in [0.4, 0.5) is 5.82 Å². The number of pyridine rings is 1. The zero-order valence-corrected chi connectivity index (χ0v) is 11.9. The highest BCUT2D eigenvalue weighted by Crippen LogP contribution is 2.19. The molecule has 4 N–H and O–H groups in total. The van der Waals surface area contributed by atoms with Crippen molar-refractivity contribution in [3.63, 3.8) is 0 Å². The van der Waals surface area contributed by atoms with Gasteiger partial charge in [-0.1, -0.05) is 35.3 Å². The first-order valence-electron chi connectivity index (χ1n) is 5.75. The van der Waals surface area contributed by atoms with Gasteiger partial charge in [-0.3, -0.25) is 4.79 Å². The average Bonchev–Trinajstić information content (AvgIpc) is 2.46. The number of rotatable bonds is 4. The van der Waals surface area contributed by atoms with Crippen molar-refractivity contribution >= 4 is 34.9 Å². The number of carbonyl (C=O) groups is 1. The lowest BCUT2D eigenvalue weighted by Gasteiger charge is -2.07. The van der Waals surface area contributed by atoms with E-state index < -0.39 is 0 Å². The molecule has 0 spiro atoms. The molecule has 104 valence electrons. The molecule has 0 aliphatic carbocycles. The molecule has 1 aromatic heterocycles. The fourth-order valence-electron chi connectivity index (χ4n) is 1.55. The highest BCUT2D eigenvalue weighted by Gasteiger charge is 2.09. The molecule has 7 heteroatoms. The van der Waals surface area contributed by atoms with Gasteiger partial charge in [0.25, 0.3) is 5.91 Å². The van der Waals surface area contributed by atoms with Gasteiger partial charge in [0.15, 0.2) is 5.82 Å². The number of amides is 1. The minimum atomic E-state index is -0.266. The van der Waals surface area contributed by atoms with Crippen molar-refractivity contribution in [2.75, 3.05) is 5.43 Å². The van der Waals surface area contributed by atoms with Gasteiger partial charge in [-0.05, 0) is 23.8 Å². The van der Waals surface area contributed by atoms with Crippen molar-refractivity contribution in [1.82, 2.24) is 10.3 Å². The molecule has 0 saturated heterocycles. The van der Waals surface area contributed by atoms with E-state index in [0.29, 0.717) is 22.9 Å². The van der Waals surface area contributed by atoms with E-state index in [2.05, 4.69) is 15.7 Å². The van der Waals surface area contributed by atoms with Gasteiger partial charge in [0, 0.05) is 17.8 Å². The topological polar surface area (TPSA) is 80.0 Å². The monoisotopic (exact) mass is 310 g/mol. The molecule has 0 saturated carbocycles. The van der Waals surface area contributed by atoms with E-state index in [1.165, 1.54) is 12.3 Å². The lowest BCUT2D eigenvalue weighted by Crippen LogP contribution is -2.23. The SMILES string of the molecule is NNc1ncc(C(=O)NCc2ccc(Cl)cc2)cc1Cl. The Labute approximate surface area is 126 Å². The number of nitrogens with two attached hydrogens (primary N) is 1. The number of hydrogen-bond donors (Lipinski definition) is 3. The van der Waals surface area contributed by atoms with Gasteiger partial charge in [-0.15, -0.1) is 0 Å². The second kappa shape index (κ2) is 6.56. The molecule has 0 aliphatic heterocycles. The van der Waals surface area contributed by atoms with E-state index in [-0.39, 0.29) is 10.9 Å². The van der Waals surface area contributed by atoms with Crippen LogP contribution in [0.25, 0.3) is 0 Å². The Morgan fingerprint density at radius 1 is 1.25 bits per heavy atom. The fraction of sp³-hybridized carbons (Fsp3) is 0.0769. The number of nitrogens with one attached hydrogen (secondary N) is 2. The number of hydrazine groups is 1. The van der Waals surface area contributed by atoms with Gasteiger partial charge in [0.05, 0.1) is 10.6 Å². The maximum absolute atomic E-state index is 11.9. The molecule has 0 fully saturated rings. The molecule has 2 rings (SSSR count). The van der Waals surface area contributed by atoms with E-state index in [4.69, 9.17) is 29.0 Å². The van der Waals surface area contributed by atoms with Crippen molar-refractivity contribution in [1.29, 1.82) is 0 Å². The summed E-state index contributed by atoms with van der Waals surface area (Å²) < 4.78 is 0. The van der Waals surface area contributed by atoms with Crippen LogP contribution in [0.3, 0.4) is 0 Å². The first-order valence-corrected chi connectivity index (χ1v) is 6.50. The van der Waals surface area contributed by atoms with Gasteiger partial charge >= 0.3 is 0 Å². The Kier molecular flexibility index (Phi) is 4.79. The lowest BCUT2D eigenvalue weighted by molar-refractivity contribution is 0.0950. The van der Waals surface area contributed by atoms with E-state index in [9.17, 15) is 4.79 Å². The first-order chi connectivity index (χ1) is 9.60. The second-order valence-corrected chi connectivity index (χ2v) is 4.85. The Morgan fingerprint density at radius 3 is 2.55 bits per heavy atom. The van der Waals surface area contributed by atoms with Gasteiger partial charge in [-0.25, -0.2) is 10.8 Å². The van der Waals surface area contributed by atoms with Crippen LogP contribution >= 0.6 is 23.2 Å². The molecular formula is C13H12Cl2N4O.